The van der Waals surface area contributed by atoms with Crippen molar-refractivity contribution in [1.29, 1.82) is 0 Å². The van der Waals surface area contributed by atoms with E-state index >= 15 is 0 Å². The van der Waals surface area contributed by atoms with Crippen LogP contribution in [-0.2, 0) is 16.2 Å². The summed E-state index contributed by atoms with van der Waals surface area (Å²) in [6, 6.07) is 80.9. The molecule has 2 aliphatic rings. The van der Waals surface area contributed by atoms with Crippen LogP contribution in [-0.4, -0.2) is 0 Å². The van der Waals surface area contributed by atoms with Gasteiger partial charge in [0.15, 0.2) is 0 Å². The van der Waals surface area contributed by atoms with Crippen LogP contribution in [0.15, 0.2) is 212 Å². The van der Waals surface area contributed by atoms with Crippen molar-refractivity contribution in [1.82, 2.24) is 0 Å². The monoisotopic (exact) mass is 920 g/mol. The maximum absolute atomic E-state index is 2.47. The summed E-state index contributed by atoms with van der Waals surface area (Å²) in [4.78, 5) is 0. The molecule has 0 radical (unpaired) electrons. The Morgan fingerprint density at radius 1 is 0.264 bits per heavy atom. The Kier molecular flexibility index (Phi) is 9.05. The third kappa shape index (κ3) is 6.38. The molecule has 2 aliphatic carbocycles. The minimum Gasteiger partial charge on any atom is -0.0616 e. The topological polar surface area (TPSA) is 0 Å². The van der Waals surface area contributed by atoms with Gasteiger partial charge in [-0.05, 0) is 178 Å². The third-order valence-electron chi connectivity index (χ3n) is 17.0. The van der Waals surface area contributed by atoms with Gasteiger partial charge in [0.25, 0.3) is 0 Å². The van der Waals surface area contributed by atoms with E-state index in [4.69, 9.17) is 0 Å². The average Bonchev–Trinajstić information content (AvgIpc) is 3.77. The molecule has 0 spiro atoms. The number of hydrogen-bond acceptors (Lipinski definition) is 0. The highest BCUT2D eigenvalue weighted by Gasteiger charge is 2.38. The van der Waals surface area contributed by atoms with E-state index in [0.717, 1.165) is 0 Å². The van der Waals surface area contributed by atoms with E-state index in [0.29, 0.717) is 0 Å². The van der Waals surface area contributed by atoms with Gasteiger partial charge in [0.1, 0.15) is 0 Å². The quantitative estimate of drug-likeness (QED) is 0.151. The summed E-state index contributed by atoms with van der Waals surface area (Å²) < 4.78 is 0. The van der Waals surface area contributed by atoms with Gasteiger partial charge in [-0.1, -0.05) is 237 Å². The molecule has 344 valence electrons. The zero-order valence-corrected chi connectivity index (χ0v) is 42.2. The maximum atomic E-state index is 2.47. The lowest BCUT2D eigenvalue weighted by molar-refractivity contribution is 0.591. The Bertz CT molecular complexity index is 4180. The molecule has 0 amide bonds. The Hall–Kier alpha value is -8.06. The summed E-state index contributed by atoms with van der Waals surface area (Å²) in [5, 5.41) is 10.6. The molecule has 12 aromatic rings. The Morgan fingerprint density at radius 2 is 0.653 bits per heavy atom. The van der Waals surface area contributed by atoms with Crippen molar-refractivity contribution in [3.63, 3.8) is 0 Å². The summed E-state index contributed by atoms with van der Waals surface area (Å²) >= 11 is 0. The summed E-state index contributed by atoms with van der Waals surface area (Å²) in [6.45, 7) is 16.5. The molecule has 14 rings (SSSR count). The van der Waals surface area contributed by atoms with Crippen LogP contribution in [0.4, 0.5) is 0 Å². The largest absolute Gasteiger partial charge is 0.0616 e. The highest BCUT2D eigenvalue weighted by atomic mass is 14.4. The summed E-state index contributed by atoms with van der Waals surface area (Å²) in [5.74, 6) is 0. The molecule has 72 heavy (non-hydrogen) atoms. The van der Waals surface area contributed by atoms with Crippen molar-refractivity contribution in [2.24, 2.45) is 0 Å². The first-order valence-electron chi connectivity index (χ1n) is 25.8. The molecule has 0 aliphatic heterocycles. The first kappa shape index (κ1) is 42.8. The first-order valence-corrected chi connectivity index (χ1v) is 25.8. The second-order valence-corrected chi connectivity index (χ2v) is 22.9. The van der Waals surface area contributed by atoms with Crippen LogP contribution in [0.2, 0.25) is 0 Å². The molecule has 0 aromatic heterocycles. The van der Waals surface area contributed by atoms with Crippen molar-refractivity contribution >= 4 is 43.1 Å². The SMILES string of the molecule is CC(C)(C)c1cc2ccc3ccc(-c4ccc(-c5ccc(-c6ccc7c(c6)C(C)(C)c6cc(-c8ccc9c(c8)C(C)(C)c8cc(-c%10cccc%11ccccc%10%11)ccc8-9)ccc6-7)cc5)cc4)c4ccc(c1)c2c34. The number of benzene rings is 12. The Morgan fingerprint density at radius 3 is 1.21 bits per heavy atom. The standard InChI is InChI=1S/C72H56/c1-70(2,3)55-37-53-24-23-48-25-31-58(63-36-30-54(38-55)68(53)69(48)63)47-21-19-44(20-22-47)43-15-17-45(18-16-43)49-26-32-59-60-33-27-50(40-65(60)71(4,5)64(59)39-49)51-28-34-61-62-35-29-52(42-67(62)72(6,7)66(61)41-51)57-14-10-12-46-11-8-9-13-56(46)57/h8-42H,1-7H3. The van der Waals surface area contributed by atoms with Crippen LogP contribution in [0.5, 0.6) is 0 Å². The van der Waals surface area contributed by atoms with Crippen LogP contribution in [0.25, 0.3) is 121 Å². The van der Waals surface area contributed by atoms with Gasteiger partial charge < -0.3 is 0 Å². The fourth-order valence-electron chi connectivity index (χ4n) is 12.9. The zero-order chi connectivity index (χ0) is 48.8. The van der Waals surface area contributed by atoms with Gasteiger partial charge in [-0.25, -0.2) is 0 Å². The number of rotatable bonds is 5. The van der Waals surface area contributed by atoms with E-state index in [-0.39, 0.29) is 16.2 Å². The predicted molar refractivity (Wildman–Crippen MR) is 309 cm³/mol. The smallest absolute Gasteiger partial charge is 0.0159 e. The molecule has 0 N–H and O–H groups in total. The fourth-order valence-corrected chi connectivity index (χ4v) is 12.9. The van der Waals surface area contributed by atoms with Crippen LogP contribution in [0.3, 0.4) is 0 Å². The molecular weight excluding hydrogens is 865 g/mol. The summed E-state index contributed by atoms with van der Waals surface area (Å²) in [7, 11) is 0. The average molecular weight is 921 g/mol. The van der Waals surface area contributed by atoms with E-state index in [2.05, 4.69) is 261 Å². The Balaban J connectivity index is 0.723. The van der Waals surface area contributed by atoms with Gasteiger partial charge in [-0.15, -0.1) is 0 Å². The van der Waals surface area contributed by atoms with Crippen LogP contribution >= 0.6 is 0 Å². The normalized spacial score (nSPS) is 14.3. The summed E-state index contributed by atoms with van der Waals surface area (Å²) in [6.07, 6.45) is 0. The molecule has 0 bridgehead atoms. The van der Waals surface area contributed by atoms with Gasteiger partial charge in [0.2, 0.25) is 0 Å². The van der Waals surface area contributed by atoms with Crippen molar-refractivity contribution in [3.05, 3.63) is 240 Å². The molecule has 12 aromatic carbocycles. The van der Waals surface area contributed by atoms with Crippen molar-refractivity contribution in [3.8, 4) is 77.9 Å². The van der Waals surface area contributed by atoms with Gasteiger partial charge in [-0.2, -0.15) is 0 Å². The second-order valence-electron chi connectivity index (χ2n) is 22.9. The second kappa shape index (κ2) is 15.2. The zero-order valence-electron chi connectivity index (χ0n) is 42.2. The minimum absolute atomic E-state index is 0.0980. The van der Waals surface area contributed by atoms with Gasteiger partial charge in [-0.3, -0.25) is 0 Å². The molecule has 0 unspecified atom stereocenters. The third-order valence-corrected chi connectivity index (χ3v) is 17.0. The molecule has 0 heterocycles. The molecule has 0 nitrogen and oxygen atoms in total. The fraction of sp³-hybridized carbons (Fsp3) is 0.139. The van der Waals surface area contributed by atoms with E-state index in [1.54, 1.807) is 0 Å². The van der Waals surface area contributed by atoms with Crippen molar-refractivity contribution in [2.75, 3.05) is 0 Å². The highest BCUT2D eigenvalue weighted by Crippen LogP contribution is 2.54. The lowest BCUT2D eigenvalue weighted by atomic mass is 9.79. The molecule has 0 saturated heterocycles. The molecule has 0 atom stereocenters. The van der Waals surface area contributed by atoms with E-state index in [1.807, 2.05) is 0 Å². The first-order chi connectivity index (χ1) is 34.8. The van der Waals surface area contributed by atoms with E-state index in [1.165, 1.54) is 149 Å². The van der Waals surface area contributed by atoms with Crippen LogP contribution in [0.1, 0.15) is 76.3 Å². The lowest BCUT2D eigenvalue weighted by Gasteiger charge is -2.24. The van der Waals surface area contributed by atoms with Gasteiger partial charge in [0, 0.05) is 10.8 Å². The van der Waals surface area contributed by atoms with Crippen molar-refractivity contribution in [2.45, 2.75) is 64.7 Å². The predicted octanol–water partition coefficient (Wildman–Crippen LogP) is 20.0. The van der Waals surface area contributed by atoms with Crippen LogP contribution in [0, 0.1) is 0 Å². The Labute approximate surface area is 423 Å². The molecule has 0 saturated carbocycles. The van der Waals surface area contributed by atoms with Crippen LogP contribution < -0.4 is 0 Å². The lowest BCUT2D eigenvalue weighted by Crippen LogP contribution is -2.15. The minimum atomic E-state index is -0.146. The van der Waals surface area contributed by atoms with E-state index in [9.17, 15) is 0 Å². The molecule has 0 heteroatoms. The van der Waals surface area contributed by atoms with Crippen molar-refractivity contribution < 1.29 is 0 Å². The maximum Gasteiger partial charge on any atom is 0.0159 e. The van der Waals surface area contributed by atoms with Gasteiger partial charge in [0.05, 0.1) is 0 Å². The number of fused-ring (bicyclic) bond motifs is 7. The highest BCUT2D eigenvalue weighted by molar-refractivity contribution is 6.25. The molecular formula is C72H56. The van der Waals surface area contributed by atoms with Gasteiger partial charge >= 0.3 is 0 Å². The number of hydrogen-bond donors (Lipinski definition) is 0. The molecule has 0 fully saturated rings. The summed E-state index contributed by atoms with van der Waals surface area (Å²) in [5.41, 5.74) is 24.7. The van der Waals surface area contributed by atoms with E-state index < -0.39 is 0 Å².